The molecule has 0 aromatic carbocycles. The molecule has 0 aromatic heterocycles. The number of carboxylic acids is 1. The molecule has 0 bridgehead atoms. The third-order valence-corrected chi connectivity index (χ3v) is 5.28. The molecule has 34 heavy (non-hydrogen) atoms. The maximum atomic E-state index is 12.9. The average Bonchev–Trinajstić information content (AvgIpc) is 2.71. The molecule has 0 aromatic rings. The number of nitrogens with two attached hydrogens (primary N) is 3. The van der Waals surface area contributed by atoms with Crippen molar-refractivity contribution >= 4 is 47.3 Å². The van der Waals surface area contributed by atoms with Crippen molar-refractivity contribution < 1.29 is 33.9 Å². The summed E-state index contributed by atoms with van der Waals surface area (Å²) in [6.07, 6.45) is 1.29. The molecule has 0 aliphatic rings. The van der Waals surface area contributed by atoms with E-state index in [1.54, 1.807) is 20.1 Å². The largest absolute Gasteiger partial charge is 0.480 e. The van der Waals surface area contributed by atoms with Crippen molar-refractivity contribution in [2.75, 3.05) is 12.0 Å². The molecule has 4 unspecified atom stereocenters. The van der Waals surface area contributed by atoms with Gasteiger partial charge in [0.05, 0.1) is 12.5 Å². The number of nitrogens with one attached hydrogen (secondary N) is 3. The van der Waals surface area contributed by atoms with Gasteiger partial charge in [-0.15, -0.1) is 0 Å². The number of hydrogen-bond donors (Lipinski definition) is 7. The Kier molecular flexibility index (Phi) is 14.5. The van der Waals surface area contributed by atoms with Crippen LogP contribution in [-0.2, 0) is 28.8 Å². The van der Waals surface area contributed by atoms with E-state index in [9.17, 15) is 33.9 Å². The summed E-state index contributed by atoms with van der Waals surface area (Å²) in [6.45, 7) is 3.58. The van der Waals surface area contributed by atoms with E-state index >= 15 is 0 Å². The summed E-state index contributed by atoms with van der Waals surface area (Å²) in [4.78, 5) is 71.7. The van der Waals surface area contributed by atoms with Gasteiger partial charge in [-0.1, -0.05) is 13.8 Å². The number of amides is 5. The molecular weight excluding hydrogens is 468 g/mol. The molecule has 194 valence electrons. The lowest BCUT2D eigenvalue weighted by Gasteiger charge is -2.25. The van der Waals surface area contributed by atoms with E-state index in [0.29, 0.717) is 5.75 Å². The minimum atomic E-state index is -1.28. The monoisotopic (exact) mass is 504 g/mol. The standard InChI is InChI=1S/C20H36N6O7S/c1-10(2)8-14(20(32)33)26-18(30)12(4-5-15(22)27)25-19(31)13(6-7-34-3)24-17(29)11(21)9-16(23)28/h10-14H,4-9,21H2,1-3H3,(H2,22,27)(H2,23,28)(H,24,29)(H,25,31)(H,26,30)(H,32,33). The van der Waals surface area contributed by atoms with Crippen LogP contribution in [0.5, 0.6) is 0 Å². The SMILES string of the molecule is CSCCC(NC(=O)C(N)CC(N)=O)C(=O)NC(CCC(N)=O)C(=O)NC(CC(C)C)C(=O)O. The van der Waals surface area contributed by atoms with Gasteiger partial charge in [0.25, 0.3) is 0 Å². The van der Waals surface area contributed by atoms with Gasteiger partial charge in [-0.2, -0.15) is 11.8 Å². The lowest BCUT2D eigenvalue weighted by Crippen LogP contribution is -2.57. The molecule has 0 radical (unpaired) electrons. The fourth-order valence-corrected chi connectivity index (χ4v) is 3.36. The Hall–Kier alpha value is -2.87. The van der Waals surface area contributed by atoms with Gasteiger partial charge in [0.2, 0.25) is 29.5 Å². The van der Waals surface area contributed by atoms with Crippen molar-refractivity contribution in [3.05, 3.63) is 0 Å². The summed E-state index contributed by atoms with van der Waals surface area (Å²) in [5.41, 5.74) is 15.8. The molecule has 0 aliphatic heterocycles. The van der Waals surface area contributed by atoms with Gasteiger partial charge >= 0.3 is 5.97 Å². The maximum absolute atomic E-state index is 12.9. The van der Waals surface area contributed by atoms with E-state index < -0.39 is 66.1 Å². The number of carbonyl (C=O) groups excluding carboxylic acids is 5. The van der Waals surface area contributed by atoms with E-state index in [4.69, 9.17) is 17.2 Å². The molecule has 0 saturated heterocycles. The Labute approximate surface area is 202 Å². The number of aliphatic carboxylic acids is 1. The molecule has 5 amide bonds. The van der Waals surface area contributed by atoms with Gasteiger partial charge in [0, 0.05) is 6.42 Å². The van der Waals surface area contributed by atoms with Crippen molar-refractivity contribution in [2.45, 2.75) is 70.1 Å². The van der Waals surface area contributed by atoms with Crippen LogP contribution in [0.15, 0.2) is 0 Å². The fourth-order valence-electron chi connectivity index (χ4n) is 2.89. The summed E-state index contributed by atoms with van der Waals surface area (Å²) in [5.74, 6) is -4.62. The number of primary amides is 2. The zero-order valence-corrected chi connectivity index (χ0v) is 20.5. The first kappa shape index (κ1) is 31.1. The fraction of sp³-hybridized carbons (Fsp3) is 0.700. The Balaban J connectivity index is 5.54. The molecule has 10 N–H and O–H groups in total. The quantitative estimate of drug-likeness (QED) is 0.113. The Morgan fingerprint density at radius 3 is 1.76 bits per heavy atom. The second-order valence-corrected chi connectivity index (χ2v) is 9.20. The van der Waals surface area contributed by atoms with Gasteiger partial charge in [-0.05, 0) is 37.2 Å². The summed E-state index contributed by atoms with van der Waals surface area (Å²) in [5, 5.41) is 16.6. The molecule has 14 heteroatoms. The number of carbonyl (C=O) groups is 6. The lowest BCUT2D eigenvalue weighted by molar-refractivity contribution is -0.143. The van der Waals surface area contributed by atoms with Crippen molar-refractivity contribution in [3.8, 4) is 0 Å². The highest BCUT2D eigenvalue weighted by molar-refractivity contribution is 7.98. The lowest BCUT2D eigenvalue weighted by atomic mass is 10.0. The maximum Gasteiger partial charge on any atom is 0.326 e. The van der Waals surface area contributed by atoms with Crippen LogP contribution < -0.4 is 33.2 Å². The van der Waals surface area contributed by atoms with Crippen LogP contribution in [0.4, 0.5) is 0 Å². The zero-order chi connectivity index (χ0) is 26.4. The normalized spacial score (nSPS) is 14.4. The smallest absolute Gasteiger partial charge is 0.326 e. The highest BCUT2D eigenvalue weighted by atomic mass is 32.2. The van der Waals surface area contributed by atoms with Crippen LogP contribution in [0.25, 0.3) is 0 Å². The van der Waals surface area contributed by atoms with E-state index in [0.717, 1.165) is 0 Å². The molecule has 0 fully saturated rings. The summed E-state index contributed by atoms with van der Waals surface area (Å²) in [6, 6.07) is -4.83. The minimum Gasteiger partial charge on any atom is -0.480 e. The Morgan fingerprint density at radius 1 is 0.824 bits per heavy atom. The molecule has 4 atom stereocenters. The van der Waals surface area contributed by atoms with Gasteiger partial charge in [-0.25, -0.2) is 4.79 Å². The summed E-state index contributed by atoms with van der Waals surface area (Å²) in [7, 11) is 0. The van der Waals surface area contributed by atoms with Crippen LogP contribution in [0.2, 0.25) is 0 Å². The van der Waals surface area contributed by atoms with Crippen molar-refractivity contribution in [1.29, 1.82) is 0 Å². The van der Waals surface area contributed by atoms with E-state index in [-0.39, 0.29) is 31.6 Å². The molecule has 0 rings (SSSR count). The highest BCUT2D eigenvalue weighted by Gasteiger charge is 2.30. The van der Waals surface area contributed by atoms with Crippen molar-refractivity contribution in [1.82, 2.24) is 16.0 Å². The van der Waals surface area contributed by atoms with E-state index in [1.807, 2.05) is 0 Å². The average molecular weight is 505 g/mol. The molecule has 0 saturated carbocycles. The minimum absolute atomic E-state index is 0.0317. The number of rotatable bonds is 17. The van der Waals surface area contributed by atoms with Gasteiger partial charge in [0.15, 0.2) is 0 Å². The third-order valence-electron chi connectivity index (χ3n) is 4.64. The summed E-state index contributed by atoms with van der Waals surface area (Å²) >= 11 is 1.41. The number of hydrogen-bond acceptors (Lipinski definition) is 8. The van der Waals surface area contributed by atoms with Crippen LogP contribution in [0.3, 0.4) is 0 Å². The first-order chi connectivity index (χ1) is 15.8. The van der Waals surface area contributed by atoms with Crippen molar-refractivity contribution in [2.24, 2.45) is 23.1 Å². The number of carboxylic acid groups (broad SMARTS) is 1. The van der Waals surface area contributed by atoms with Gasteiger partial charge in [-0.3, -0.25) is 24.0 Å². The van der Waals surface area contributed by atoms with Crippen LogP contribution >= 0.6 is 11.8 Å². The molecule has 0 spiro atoms. The summed E-state index contributed by atoms with van der Waals surface area (Å²) < 4.78 is 0. The second-order valence-electron chi connectivity index (χ2n) is 8.21. The molecule has 0 heterocycles. The third kappa shape index (κ3) is 13.0. The first-order valence-corrected chi connectivity index (χ1v) is 12.1. The van der Waals surface area contributed by atoms with Gasteiger partial charge < -0.3 is 38.3 Å². The van der Waals surface area contributed by atoms with Crippen molar-refractivity contribution in [3.63, 3.8) is 0 Å². The predicted molar refractivity (Wildman–Crippen MR) is 126 cm³/mol. The number of thioether (sulfide) groups is 1. The molecular formula is C20H36N6O7S. The first-order valence-electron chi connectivity index (χ1n) is 10.7. The predicted octanol–water partition coefficient (Wildman–Crippen LogP) is -2.21. The second kappa shape index (κ2) is 15.9. The Bertz CT molecular complexity index is 749. The van der Waals surface area contributed by atoms with Gasteiger partial charge in [0.1, 0.15) is 18.1 Å². The topological polar surface area (TPSA) is 237 Å². The van der Waals surface area contributed by atoms with Crippen LogP contribution in [0.1, 0.15) is 46.0 Å². The zero-order valence-electron chi connectivity index (χ0n) is 19.7. The molecule has 0 aliphatic carbocycles. The molecule has 13 nitrogen and oxygen atoms in total. The van der Waals surface area contributed by atoms with Crippen LogP contribution in [-0.4, -0.2) is 76.8 Å². The van der Waals surface area contributed by atoms with E-state index in [2.05, 4.69) is 16.0 Å². The highest BCUT2D eigenvalue weighted by Crippen LogP contribution is 2.08. The van der Waals surface area contributed by atoms with Crippen LogP contribution in [0, 0.1) is 5.92 Å². The Morgan fingerprint density at radius 2 is 1.32 bits per heavy atom. The van der Waals surface area contributed by atoms with E-state index in [1.165, 1.54) is 11.8 Å².